The lowest BCUT2D eigenvalue weighted by Gasteiger charge is -2.40. The van der Waals surface area contributed by atoms with Gasteiger partial charge >= 0.3 is 0 Å². The van der Waals surface area contributed by atoms with Crippen LogP contribution in [0.25, 0.3) is 37.0 Å². The summed E-state index contributed by atoms with van der Waals surface area (Å²) in [6, 6.07) is 28.6. The molecule has 0 fully saturated rings. The number of hydrogen-bond acceptors (Lipinski definition) is 4. The number of hydrazine groups is 1. The van der Waals surface area contributed by atoms with Crippen molar-refractivity contribution in [2.75, 3.05) is 5.01 Å². The number of nitrogens with zero attached hydrogens (tertiary/aromatic N) is 3. The number of anilines is 1. The lowest BCUT2D eigenvalue weighted by molar-refractivity contribution is 0.373. The number of thiophene rings is 1. The number of amidine groups is 1. The van der Waals surface area contributed by atoms with E-state index in [1.807, 2.05) is 11.3 Å². The minimum atomic E-state index is 0.106. The molecule has 0 saturated heterocycles. The van der Waals surface area contributed by atoms with Gasteiger partial charge in [-0.1, -0.05) is 85.0 Å². The van der Waals surface area contributed by atoms with Crippen molar-refractivity contribution in [2.45, 2.75) is 12.1 Å². The topological polar surface area (TPSA) is 18.8 Å². The summed E-state index contributed by atoms with van der Waals surface area (Å²) in [7, 11) is 0. The highest BCUT2D eigenvalue weighted by atomic mass is 32.1. The zero-order valence-electron chi connectivity index (χ0n) is 18.9. The Labute approximate surface area is 207 Å². The Hall–Kier alpha value is -4.15. The maximum Gasteiger partial charge on any atom is 0.151 e. The fourth-order valence-corrected chi connectivity index (χ4v) is 6.93. The minimum Gasteiger partial charge on any atom is -0.258 e. The van der Waals surface area contributed by atoms with Gasteiger partial charge in [-0.25, -0.2) is 0 Å². The zero-order valence-corrected chi connectivity index (χ0v) is 19.7. The molecule has 1 aromatic heterocycles. The fraction of sp³-hybridized carbons (Fsp3) is 0.0645. The molecule has 2 atom stereocenters. The molecule has 5 aromatic rings. The quantitative estimate of drug-likeness (QED) is 0.267. The molecule has 3 nitrogen and oxygen atoms in total. The molecule has 0 N–H and O–H groups in total. The summed E-state index contributed by atoms with van der Waals surface area (Å²) in [6.45, 7) is 0. The van der Waals surface area contributed by atoms with Crippen LogP contribution in [-0.2, 0) is 0 Å². The van der Waals surface area contributed by atoms with Crippen molar-refractivity contribution < 1.29 is 0 Å². The van der Waals surface area contributed by atoms with E-state index in [1.54, 1.807) is 0 Å². The molecule has 0 radical (unpaired) electrons. The van der Waals surface area contributed by atoms with E-state index in [0.29, 0.717) is 0 Å². The first-order valence-corrected chi connectivity index (χ1v) is 12.8. The molecule has 0 saturated carbocycles. The Morgan fingerprint density at radius 1 is 0.771 bits per heavy atom. The molecular weight excluding hydrogens is 446 g/mol. The Morgan fingerprint density at radius 3 is 2.54 bits per heavy atom. The van der Waals surface area contributed by atoms with Gasteiger partial charge in [0.2, 0.25) is 0 Å². The van der Waals surface area contributed by atoms with Gasteiger partial charge in [0, 0.05) is 42.7 Å². The Morgan fingerprint density at radius 2 is 1.60 bits per heavy atom. The number of aliphatic imine (C=N–C) groups is 1. The highest BCUT2D eigenvalue weighted by Gasteiger charge is 2.39. The number of fused-ring (bicyclic) bond motifs is 5. The third-order valence-electron chi connectivity index (χ3n) is 7.26. The average molecular weight is 468 g/mol. The van der Waals surface area contributed by atoms with E-state index in [-0.39, 0.29) is 12.1 Å². The van der Waals surface area contributed by atoms with Gasteiger partial charge in [0.1, 0.15) is 0 Å². The number of hydrogen-bond donors (Lipinski definition) is 0. The summed E-state index contributed by atoms with van der Waals surface area (Å²) >= 11 is 1.89. The van der Waals surface area contributed by atoms with Crippen LogP contribution in [-0.4, -0.2) is 22.9 Å². The predicted octanol–water partition coefficient (Wildman–Crippen LogP) is 7.54. The van der Waals surface area contributed by atoms with Gasteiger partial charge in [-0.15, -0.1) is 11.3 Å². The summed E-state index contributed by atoms with van der Waals surface area (Å²) in [4.78, 5) is 5.17. The van der Waals surface area contributed by atoms with E-state index in [2.05, 4.69) is 125 Å². The molecule has 2 unspecified atom stereocenters. The smallest absolute Gasteiger partial charge is 0.151 e. The standard InChI is InChI=1S/C31H21N3S/c1-2-9-20(10-3-1)31-32-25-13-5-6-14-26(25)34(31)33-18-17-21-19-24-22-11-4-7-16-28(22)35-30(24)23-12-8-15-27(33)29(21)23/h1-19,25-26H. The van der Waals surface area contributed by atoms with E-state index in [1.165, 1.54) is 42.2 Å². The second-order valence-electron chi connectivity index (χ2n) is 9.21. The molecule has 1 aliphatic carbocycles. The van der Waals surface area contributed by atoms with E-state index in [9.17, 15) is 0 Å². The van der Waals surface area contributed by atoms with Crippen molar-refractivity contribution >= 4 is 59.9 Å². The SMILES string of the molecule is C1=CC2N=C(c3ccccc3)N(N3C=Cc4cc5c6ccccc6sc5c5cccc3c45)C2C=C1. The fourth-order valence-electron chi connectivity index (χ4n) is 5.72. The summed E-state index contributed by atoms with van der Waals surface area (Å²) in [5.74, 6) is 1.00. The van der Waals surface area contributed by atoms with Crippen LogP contribution in [0.1, 0.15) is 11.1 Å². The van der Waals surface area contributed by atoms with Crippen LogP contribution < -0.4 is 5.01 Å². The minimum absolute atomic E-state index is 0.106. The van der Waals surface area contributed by atoms with Crippen LogP contribution in [0.3, 0.4) is 0 Å². The largest absolute Gasteiger partial charge is 0.258 e. The van der Waals surface area contributed by atoms with Crippen LogP contribution in [0.5, 0.6) is 0 Å². The summed E-state index contributed by atoms with van der Waals surface area (Å²) in [6.07, 6.45) is 13.2. The van der Waals surface area contributed by atoms with Gasteiger partial charge in [-0.2, -0.15) is 0 Å². The molecule has 3 heterocycles. The van der Waals surface area contributed by atoms with E-state index >= 15 is 0 Å². The third-order valence-corrected chi connectivity index (χ3v) is 8.48. The summed E-state index contributed by atoms with van der Waals surface area (Å²) < 4.78 is 2.70. The molecule has 0 bridgehead atoms. The molecule has 0 spiro atoms. The van der Waals surface area contributed by atoms with Crippen molar-refractivity contribution in [2.24, 2.45) is 4.99 Å². The van der Waals surface area contributed by atoms with Gasteiger partial charge in [-0.3, -0.25) is 15.0 Å². The van der Waals surface area contributed by atoms with Crippen LogP contribution in [0, 0.1) is 0 Å². The average Bonchev–Trinajstić information content (AvgIpc) is 3.49. The molecule has 3 aliphatic rings. The Kier molecular flexibility index (Phi) is 3.93. The van der Waals surface area contributed by atoms with Gasteiger partial charge in [0.25, 0.3) is 0 Å². The van der Waals surface area contributed by atoms with E-state index in [0.717, 1.165) is 11.4 Å². The maximum atomic E-state index is 5.17. The molecule has 0 amide bonds. The van der Waals surface area contributed by atoms with Crippen molar-refractivity contribution in [3.63, 3.8) is 0 Å². The number of benzene rings is 4. The van der Waals surface area contributed by atoms with Gasteiger partial charge in [0.05, 0.1) is 17.8 Å². The summed E-state index contributed by atoms with van der Waals surface area (Å²) in [5.41, 5.74) is 3.61. The van der Waals surface area contributed by atoms with E-state index in [4.69, 9.17) is 4.99 Å². The van der Waals surface area contributed by atoms with Crippen LogP contribution in [0.2, 0.25) is 0 Å². The molecular formula is C31H21N3S. The maximum absolute atomic E-state index is 5.17. The Balaban J connectivity index is 1.36. The first-order valence-electron chi connectivity index (χ1n) is 12.0. The van der Waals surface area contributed by atoms with Crippen molar-refractivity contribution in [3.8, 4) is 0 Å². The van der Waals surface area contributed by atoms with Crippen molar-refractivity contribution in [1.82, 2.24) is 5.01 Å². The van der Waals surface area contributed by atoms with Crippen LogP contribution >= 0.6 is 11.3 Å². The second-order valence-corrected chi connectivity index (χ2v) is 10.3. The second kappa shape index (κ2) is 7.17. The highest BCUT2D eigenvalue weighted by Crippen LogP contribution is 2.45. The number of rotatable bonds is 2. The third kappa shape index (κ3) is 2.69. The van der Waals surface area contributed by atoms with Gasteiger partial charge in [0.15, 0.2) is 5.84 Å². The molecule has 2 aliphatic heterocycles. The molecule has 4 aromatic carbocycles. The van der Waals surface area contributed by atoms with Crippen molar-refractivity contribution in [1.29, 1.82) is 0 Å². The van der Waals surface area contributed by atoms with Crippen LogP contribution in [0.15, 0.2) is 114 Å². The van der Waals surface area contributed by atoms with Gasteiger partial charge in [-0.05, 0) is 29.8 Å². The first-order chi connectivity index (χ1) is 17.4. The normalized spacial score (nSPS) is 20.3. The lowest BCUT2D eigenvalue weighted by atomic mass is 9.97. The lowest BCUT2D eigenvalue weighted by Crippen LogP contribution is -2.49. The zero-order chi connectivity index (χ0) is 22.9. The monoisotopic (exact) mass is 467 g/mol. The molecule has 166 valence electrons. The Bertz CT molecular complexity index is 1770. The van der Waals surface area contributed by atoms with E-state index < -0.39 is 0 Å². The predicted molar refractivity (Wildman–Crippen MR) is 149 cm³/mol. The van der Waals surface area contributed by atoms with Gasteiger partial charge < -0.3 is 0 Å². The molecule has 8 rings (SSSR count). The van der Waals surface area contributed by atoms with Crippen LogP contribution in [0.4, 0.5) is 5.69 Å². The highest BCUT2D eigenvalue weighted by molar-refractivity contribution is 7.26. The molecule has 4 heteroatoms. The first kappa shape index (κ1) is 19.2. The summed E-state index contributed by atoms with van der Waals surface area (Å²) in [5, 5.41) is 9.99. The number of allylic oxidation sites excluding steroid dienone is 2. The molecule has 35 heavy (non-hydrogen) atoms. The van der Waals surface area contributed by atoms with Crippen molar-refractivity contribution in [3.05, 3.63) is 120 Å².